The van der Waals surface area contributed by atoms with Crippen molar-refractivity contribution in [2.24, 2.45) is 0 Å². The highest BCUT2D eigenvalue weighted by Crippen LogP contribution is 2.27. The number of phenolic OH excluding ortho intramolecular Hbond substituents is 1. The number of phenols is 1. The summed E-state index contributed by atoms with van der Waals surface area (Å²) in [5.74, 6) is 0.901. The van der Waals surface area contributed by atoms with Crippen molar-refractivity contribution in [3.8, 4) is 5.75 Å². The maximum absolute atomic E-state index is 9.49. The molecule has 0 radical (unpaired) electrons. The molecular formula is C14H23NO. The van der Waals surface area contributed by atoms with Crippen LogP contribution in [0.4, 0.5) is 0 Å². The Hall–Kier alpha value is -1.02. The highest BCUT2D eigenvalue weighted by molar-refractivity contribution is 5.29. The summed E-state index contributed by atoms with van der Waals surface area (Å²) < 4.78 is 0. The Labute approximate surface area is 98.9 Å². The average Bonchev–Trinajstić information content (AvgIpc) is 2.25. The lowest BCUT2D eigenvalue weighted by Crippen LogP contribution is -2.26. The first-order chi connectivity index (χ1) is 7.54. The van der Waals surface area contributed by atoms with E-state index in [-0.39, 0.29) is 0 Å². The predicted octanol–water partition coefficient (Wildman–Crippen LogP) is 3.23. The van der Waals surface area contributed by atoms with E-state index in [4.69, 9.17) is 0 Å². The van der Waals surface area contributed by atoms with E-state index < -0.39 is 0 Å². The fourth-order valence-corrected chi connectivity index (χ4v) is 1.94. The summed E-state index contributed by atoms with van der Waals surface area (Å²) in [4.78, 5) is 2.24. The third-order valence-electron chi connectivity index (χ3n) is 3.34. The molecule has 1 aromatic rings. The van der Waals surface area contributed by atoms with Crippen LogP contribution in [0, 0.1) is 0 Å². The van der Waals surface area contributed by atoms with E-state index >= 15 is 0 Å². The van der Waals surface area contributed by atoms with E-state index in [2.05, 4.69) is 38.9 Å². The zero-order valence-corrected chi connectivity index (χ0v) is 10.8. The molecule has 1 aromatic carbocycles. The quantitative estimate of drug-likeness (QED) is 0.825. The minimum Gasteiger partial charge on any atom is -0.508 e. The normalized spacial score (nSPS) is 15.1. The third kappa shape index (κ3) is 3.53. The first-order valence-corrected chi connectivity index (χ1v) is 6.00. The SMILES string of the molecule is CCC(CC(C)N(C)C)c1cccc(O)c1. The molecule has 0 aliphatic heterocycles. The van der Waals surface area contributed by atoms with Crippen molar-refractivity contribution >= 4 is 0 Å². The van der Waals surface area contributed by atoms with Gasteiger partial charge in [0.2, 0.25) is 0 Å². The van der Waals surface area contributed by atoms with E-state index in [9.17, 15) is 5.11 Å². The van der Waals surface area contributed by atoms with Crippen LogP contribution in [0.5, 0.6) is 5.75 Å². The van der Waals surface area contributed by atoms with Gasteiger partial charge in [0.1, 0.15) is 5.75 Å². The van der Waals surface area contributed by atoms with Crippen LogP contribution in [-0.2, 0) is 0 Å². The zero-order chi connectivity index (χ0) is 12.1. The van der Waals surface area contributed by atoms with E-state index in [0.717, 1.165) is 12.8 Å². The van der Waals surface area contributed by atoms with Gasteiger partial charge in [-0.1, -0.05) is 19.1 Å². The van der Waals surface area contributed by atoms with Crippen LogP contribution in [0.3, 0.4) is 0 Å². The lowest BCUT2D eigenvalue weighted by atomic mass is 9.90. The molecule has 2 heteroatoms. The third-order valence-corrected chi connectivity index (χ3v) is 3.34. The van der Waals surface area contributed by atoms with Crippen LogP contribution in [0.1, 0.15) is 38.2 Å². The number of benzene rings is 1. The number of nitrogens with zero attached hydrogens (tertiary/aromatic N) is 1. The van der Waals surface area contributed by atoms with E-state index in [1.807, 2.05) is 12.1 Å². The molecule has 0 heterocycles. The molecule has 90 valence electrons. The van der Waals surface area contributed by atoms with Gasteiger partial charge in [0.15, 0.2) is 0 Å². The number of hydrogen-bond acceptors (Lipinski definition) is 2. The Kier molecular flexibility index (Phi) is 4.81. The van der Waals surface area contributed by atoms with Crippen molar-refractivity contribution < 1.29 is 5.11 Å². The molecule has 1 N–H and O–H groups in total. The molecule has 0 saturated carbocycles. The van der Waals surface area contributed by atoms with Crippen LogP contribution in [0.2, 0.25) is 0 Å². The lowest BCUT2D eigenvalue weighted by molar-refractivity contribution is 0.281. The zero-order valence-electron chi connectivity index (χ0n) is 10.8. The smallest absolute Gasteiger partial charge is 0.115 e. The fraction of sp³-hybridized carbons (Fsp3) is 0.571. The van der Waals surface area contributed by atoms with Gasteiger partial charge < -0.3 is 10.0 Å². The van der Waals surface area contributed by atoms with Crippen LogP contribution in [-0.4, -0.2) is 30.1 Å². The predicted molar refractivity (Wildman–Crippen MR) is 68.9 cm³/mol. The van der Waals surface area contributed by atoms with Gasteiger partial charge in [0.25, 0.3) is 0 Å². The summed E-state index contributed by atoms with van der Waals surface area (Å²) in [7, 11) is 4.22. The maximum Gasteiger partial charge on any atom is 0.115 e. The Morgan fingerprint density at radius 3 is 2.50 bits per heavy atom. The Bertz CT molecular complexity index is 322. The van der Waals surface area contributed by atoms with Crippen LogP contribution in [0.25, 0.3) is 0 Å². The van der Waals surface area contributed by atoms with Gasteiger partial charge in [-0.25, -0.2) is 0 Å². The van der Waals surface area contributed by atoms with Gasteiger partial charge in [-0.3, -0.25) is 0 Å². The van der Waals surface area contributed by atoms with Crippen molar-refractivity contribution in [3.63, 3.8) is 0 Å². The second-order valence-electron chi connectivity index (χ2n) is 4.75. The molecule has 0 aliphatic rings. The summed E-state index contributed by atoms with van der Waals surface area (Å²) >= 11 is 0. The van der Waals surface area contributed by atoms with E-state index in [1.165, 1.54) is 5.56 Å². The Morgan fingerprint density at radius 2 is 2.00 bits per heavy atom. The van der Waals surface area contributed by atoms with Crippen LogP contribution >= 0.6 is 0 Å². The molecule has 2 unspecified atom stereocenters. The van der Waals surface area contributed by atoms with Gasteiger partial charge in [-0.05, 0) is 57.5 Å². The molecule has 1 rings (SSSR count). The molecular weight excluding hydrogens is 198 g/mol. The molecule has 16 heavy (non-hydrogen) atoms. The summed E-state index contributed by atoms with van der Waals surface area (Å²) in [6, 6.07) is 8.21. The fourth-order valence-electron chi connectivity index (χ4n) is 1.94. The van der Waals surface area contributed by atoms with Gasteiger partial charge >= 0.3 is 0 Å². The molecule has 0 bridgehead atoms. The monoisotopic (exact) mass is 221 g/mol. The van der Waals surface area contributed by atoms with Gasteiger partial charge in [0.05, 0.1) is 0 Å². The number of rotatable bonds is 5. The molecule has 0 fully saturated rings. The summed E-state index contributed by atoms with van der Waals surface area (Å²) in [6.07, 6.45) is 2.24. The molecule has 0 aromatic heterocycles. The largest absolute Gasteiger partial charge is 0.508 e. The summed E-state index contributed by atoms with van der Waals surface area (Å²) in [6.45, 7) is 4.45. The molecule has 0 amide bonds. The molecule has 0 spiro atoms. The maximum atomic E-state index is 9.49. The van der Waals surface area contributed by atoms with E-state index in [0.29, 0.717) is 17.7 Å². The van der Waals surface area contributed by atoms with Crippen LogP contribution in [0.15, 0.2) is 24.3 Å². The molecule has 2 atom stereocenters. The van der Waals surface area contributed by atoms with Crippen molar-refractivity contribution in [1.29, 1.82) is 0 Å². The van der Waals surface area contributed by atoms with Gasteiger partial charge in [-0.2, -0.15) is 0 Å². The van der Waals surface area contributed by atoms with Gasteiger partial charge in [-0.15, -0.1) is 0 Å². The number of hydrogen-bond donors (Lipinski definition) is 1. The minimum atomic E-state index is 0.369. The minimum absolute atomic E-state index is 0.369. The highest BCUT2D eigenvalue weighted by Gasteiger charge is 2.15. The van der Waals surface area contributed by atoms with E-state index in [1.54, 1.807) is 6.07 Å². The Morgan fingerprint density at radius 1 is 1.31 bits per heavy atom. The van der Waals surface area contributed by atoms with Crippen LogP contribution < -0.4 is 0 Å². The van der Waals surface area contributed by atoms with Crippen molar-refractivity contribution in [1.82, 2.24) is 4.90 Å². The average molecular weight is 221 g/mol. The second-order valence-corrected chi connectivity index (χ2v) is 4.75. The highest BCUT2D eigenvalue weighted by atomic mass is 16.3. The Balaban J connectivity index is 2.74. The second kappa shape index (κ2) is 5.90. The van der Waals surface area contributed by atoms with Crippen molar-refractivity contribution in [3.05, 3.63) is 29.8 Å². The van der Waals surface area contributed by atoms with Gasteiger partial charge in [0, 0.05) is 6.04 Å². The first kappa shape index (κ1) is 13.0. The molecule has 0 aliphatic carbocycles. The first-order valence-electron chi connectivity index (χ1n) is 6.00. The summed E-state index contributed by atoms with van der Waals surface area (Å²) in [5.41, 5.74) is 1.25. The molecule has 2 nitrogen and oxygen atoms in total. The van der Waals surface area contributed by atoms with Crippen molar-refractivity contribution in [2.45, 2.75) is 38.6 Å². The van der Waals surface area contributed by atoms with Crippen molar-refractivity contribution in [2.75, 3.05) is 14.1 Å². The topological polar surface area (TPSA) is 23.5 Å². The lowest BCUT2D eigenvalue weighted by Gasteiger charge is -2.25. The summed E-state index contributed by atoms with van der Waals surface area (Å²) in [5, 5.41) is 9.49. The molecule has 0 saturated heterocycles. The standard InChI is InChI=1S/C14H23NO/c1-5-12(9-11(2)15(3)4)13-7-6-8-14(16)10-13/h6-8,10-12,16H,5,9H2,1-4H3. The number of aromatic hydroxyl groups is 1.